The number of nitrogens with zero attached hydrogens (tertiary/aromatic N) is 3. The third-order valence-corrected chi connectivity index (χ3v) is 4.28. The Bertz CT molecular complexity index is 1100. The fraction of sp³-hybridized carbons (Fsp3) is 0.105. The number of carbonyl (C=O) groups is 1. The average molecular weight is 367 g/mol. The molecule has 0 aliphatic carbocycles. The lowest BCUT2D eigenvalue weighted by molar-refractivity contribution is 0.0946. The number of H-pyrrole nitrogens is 1. The molecular formula is C19H15F2N5O. The number of halogens is 2. The predicted molar refractivity (Wildman–Crippen MR) is 95.0 cm³/mol. The van der Waals surface area contributed by atoms with Crippen LogP contribution in [-0.4, -0.2) is 25.9 Å². The van der Waals surface area contributed by atoms with Crippen molar-refractivity contribution in [1.82, 2.24) is 25.3 Å². The van der Waals surface area contributed by atoms with Crippen LogP contribution in [0.15, 0.2) is 54.9 Å². The van der Waals surface area contributed by atoms with Crippen molar-refractivity contribution in [3.05, 3.63) is 83.3 Å². The molecule has 0 atom stereocenters. The maximum atomic E-state index is 13.7. The number of aromatic amines is 1. The van der Waals surface area contributed by atoms with Gasteiger partial charge in [-0.25, -0.2) is 13.5 Å². The number of carbonyl (C=O) groups excluding carboxylic acids is 1. The zero-order valence-electron chi connectivity index (χ0n) is 14.1. The van der Waals surface area contributed by atoms with Crippen LogP contribution >= 0.6 is 0 Å². The Morgan fingerprint density at radius 2 is 1.89 bits per heavy atom. The second-order valence-corrected chi connectivity index (χ2v) is 6.04. The summed E-state index contributed by atoms with van der Waals surface area (Å²) in [5.74, 6) is -1.75. The van der Waals surface area contributed by atoms with E-state index in [0.29, 0.717) is 6.54 Å². The number of aromatic nitrogens is 4. The third-order valence-electron chi connectivity index (χ3n) is 4.28. The summed E-state index contributed by atoms with van der Waals surface area (Å²) in [5.41, 5.74) is 1.89. The van der Waals surface area contributed by atoms with E-state index < -0.39 is 17.5 Å². The van der Waals surface area contributed by atoms with Crippen LogP contribution in [0.5, 0.6) is 0 Å². The van der Waals surface area contributed by atoms with E-state index in [1.54, 1.807) is 0 Å². The SMILES string of the molecule is O=C(NCc1cccc2[nH]ccc12)c1cn(Cc2c(F)cccc2F)nn1. The van der Waals surface area contributed by atoms with Crippen LogP contribution in [0.25, 0.3) is 10.9 Å². The summed E-state index contributed by atoms with van der Waals surface area (Å²) in [7, 11) is 0. The van der Waals surface area contributed by atoms with E-state index in [2.05, 4.69) is 20.6 Å². The van der Waals surface area contributed by atoms with Gasteiger partial charge in [0.15, 0.2) is 5.69 Å². The van der Waals surface area contributed by atoms with Gasteiger partial charge >= 0.3 is 0 Å². The molecule has 2 aromatic carbocycles. The standard InChI is InChI=1S/C19H15F2N5O/c20-15-4-2-5-16(21)14(15)10-26-11-18(24-25-26)19(27)23-9-12-3-1-6-17-13(12)7-8-22-17/h1-8,11,22H,9-10H2,(H,23,27). The number of benzene rings is 2. The molecule has 27 heavy (non-hydrogen) atoms. The third kappa shape index (κ3) is 3.41. The monoisotopic (exact) mass is 367 g/mol. The molecule has 2 heterocycles. The van der Waals surface area contributed by atoms with Crippen molar-refractivity contribution in [3.63, 3.8) is 0 Å². The molecule has 0 saturated heterocycles. The normalized spacial score (nSPS) is 11.0. The molecular weight excluding hydrogens is 352 g/mol. The average Bonchev–Trinajstić information content (AvgIpc) is 3.32. The summed E-state index contributed by atoms with van der Waals surface area (Å²) in [6.45, 7) is 0.171. The van der Waals surface area contributed by atoms with E-state index in [1.807, 2.05) is 30.5 Å². The van der Waals surface area contributed by atoms with Gasteiger partial charge in [-0.1, -0.05) is 23.4 Å². The number of amides is 1. The number of fused-ring (bicyclic) bond motifs is 1. The Kier molecular flexibility index (Phi) is 4.37. The van der Waals surface area contributed by atoms with E-state index in [9.17, 15) is 13.6 Å². The van der Waals surface area contributed by atoms with Crippen LogP contribution in [-0.2, 0) is 13.1 Å². The van der Waals surface area contributed by atoms with Crippen LogP contribution in [0.1, 0.15) is 21.6 Å². The summed E-state index contributed by atoms with van der Waals surface area (Å²) in [6, 6.07) is 11.4. The Balaban J connectivity index is 1.45. The van der Waals surface area contributed by atoms with Gasteiger partial charge in [0.25, 0.3) is 5.91 Å². The van der Waals surface area contributed by atoms with Crippen LogP contribution in [0.4, 0.5) is 8.78 Å². The molecule has 4 aromatic rings. The molecule has 0 aliphatic rings. The van der Waals surface area contributed by atoms with E-state index >= 15 is 0 Å². The fourth-order valence-corrected chi connectivity index (χ4v) is 2.90. The first-order valence-electron chi connectivity index (χ1n) is 8.28. The Morgan fingerprint density at radius 3 is 2.70 bits per heavy atom. The van der Waals surface area contributed by atoms with Gasteiger partial charge in [-0.15, -0.1) is 5.10 Å². The summed E-state index contributed by atoms with van der Waals surface area (Å²) in [4.78, 5) is 15.4. The minimum absolute atomic E-state index is 0.0768. The molecule has 1 amide bonds. The van der Waals surface area contributed by atoms with Crippen LogP contribution < -0.4 is 5.32 Å². The lowest BCUT2D eigenvalue weighted by Crippen LogP contribution is -2.23. The van der Waals surface area contributed by atoms with Gasteiger partial charge in [0.1, 0.15) is 11.6 Å². The highest BCUT2D eigenvalue weighted by molar-refractivity contribution is 5.92. The second-order valence-electron chi connectivity index (χ2n) is 6.04. The van der Waals surface area contributed by atoms with Gasteiger partial charge in [0, 0.05) is 29.2 Å². The van der Waals surface area contributed by atoms with Gasteiger partial charge < -0.3 is 10.3 Å². The minimum atomic E-state index is -0.670. The van der Waals surface area contributed by atoms with E-state index in [-0.39, 0.29) is 17.8 Å². The number of rotatable bonds is 5. The molecule has 0 radical (unpaired) electrons. The van der Waals surface area contributed by atoms with Crippen molar-refractivity contribution in [3.8, 4) is 0 Å². The van der Waals surface area contributed by atoms with Gasteiger partial charge in [-0.2, -0.15) is 0 Å². The Labute approximate surface area is 152 Å². The number of nitrogens with one attached hydrogen (secondary N) is 2. The first-order chi connectivity index (χ1) is 13.1. The van der Waals surface area contributed by atoms with Crippen molar-refractivity contribution in [2.24, 2.45) is 0 Å². The summed E-state index contributed by atoms with van der Waals surface area (Å²) in [6.07, 6.45) is 3.20. The zero-order chi connectivity index (χ0) is 18.8. The number of hydrogen-bond acceptors (Lipinski definition) is 3. The quantitative estimate of drug-likeness (QED) is 0.569. The molecule has 136 valence electrons. The molecule has 6 nitrogen and oxygen atoms in total. The minimum Gasteiger partial charge on any atom is -0.361 e. The summed E-state index contributed by atoms with van der Waals surface area (Å²) < 4.78 is 28.7. The summed E-state index contributed by atoms with van der Waals surface area (Å²) >= 11 is 0. The van der Waals surface area contributed by atoms with Crippen LogP contribution in [0.2, 0.25) is 0 Å². The predicted octanol–water partition coefficient (Wildman–Crippen LogP) is 3.02. The van der Waals surface area contributed by atoms with E-state index in [4.69, 9.17) is 0 Å². The first-order valence-corrected chi connectivity index (χ1v) is 8.28. The molecule has 0 fully saturated rings. The molecule has 4 rings (SSSR count). The summed E-state index contributed by atoms with van der Waals surface area (Å²) in [5, 5.41) is 11.4. The maximum absolute atomic E-state index is 13.7. The van der Waals surface area contributed by atoms with Crippen molar-refractivity contribution in [2.75, 3.05) is 0 Å². The van der Waals surface area contributed by atoms with E-state index in [0.717, 1.165) is 16.5 Å². The lowest BCUT2D eigenvalue weighted by atomic mass is 10.1. The van der Waals surface area contributed by atoms with Crippen LogP contribution in [0, 0.1) is 11.6 Å². The number of hydrogen-bond donors (Lipinski definition) is 2. The smallest absolute Gasteiger partial charge is 0.273 e. The van der Waals surface area contributed by atoms with Crippen molar-refractivity contribution >= 4 is 16.8 Å². The van der Waals surface area contributed by atoms with Crippen LogP contribution in [0.3, 0.4) is 0 Å². The molecule has 0 unspecified atom stereocenters. The topological polar surface area (TPSA) is 75.6 Å². The molecule has 0 aliphatic heterocycles. The molecule has 0 saturated carbocycles. The first kappa shape index (κ1) is 16.9. The maximum Gasteiger partial charge on any atom is 0.273 e. The highest BCUT2D eigenvalue weighted by Gasteiger charge is 2.14. The molecule has 2 aromatic heterocycles. The molecule has 0 spiro atoms. The fourth-order valence-electron chi connectivity index (χ4n) is 2.90. The second kappa shape index (κ2) is 6.99. The van der Waals surface area contributed by atoms with Gasteiger partial charge in [-0.05, 0) is 29.8 Å². The highest BCUT2D eigenvalue weighted by atomic mass is 19.1. The van der Waals surface area contributed by atoms with Gasteiger partial charge in [0.05, 0.1) is 12.7 Å². The molecule has 0 bridgehead atoms. The largest absolute Gasteiger partial charge is 0.361 e. The molecule has 8 heteroatoms. The van der Waals surface area contributed by atoms with Crippen molar-refractivity contribution in [1.29, 1.82) is 0 Å². The lowest BCUT2D eigenvalue weighted by Gasteiger charge is -2.05. The van der Waals surface area contributed by atoms with Crippen molar-refractivity contribution < 1.29 is 13.6 Å². The molecule has 2 N–H and O–H groups in total. The Morgan fingerprint density at radius 1 is 1.11 bits per heavy atom. The zero-order valence-corrected chi connectivity index (χ0v) is 14.1. The Hall–Kier alpha value is -3.55. The van der Waals surface area contributed by atoms with Gasteiger partial charge in [-0.3, -0.25) is 4.79 Å². The van der Waals surface area contributed by atoms with Gasteiger partial charge in [0.2, 0.25) is 0 Å². The van der Waals surface area contributed by atoms with Crippen molar-refractivity contribution in [2.45, 2.75) is 13.1 Å². The van der Waals surface area contributed by atoms with E-state index in [1.165, 1.54) is 29.1 Å². The highest BCUT2D eigenvalue weighted by Crippen LogP contribution is 2.17.